The van der Waals surface area contributed by atoms with E-state index in [0.29, 0.717) is 5.88 Å². The van der Waals surface area contributed by atoms with E-state index in [2.05, 4.69) is 9.97 Å². The van der Waals surface area contributed by atoms with Crippen LogP contribution >= 0.6 is 0 Å². The van der Waals surface area contributed by atoms with Gasteiger partial charge in [0, 0.05) is 31.9 Å². The van der Waals surface area contributed by atoms with Crippen LogP contribution in [-0.4, -0.2) is 56.7 Å². The summed E-state index contributed by atoms with van der Waals surface area (Å²) in [6, 6.07) is 3.88. The van der Waals surface area contributed by atoms with Gasteiger partial charge < -0.3 is 19.2 Å². The van der Waals surface area contributed by atoms with Gasteiger partial charge in [-0.05, 0) is 20.2 Å². The number of nitrogens with one attached hydrogen (secondary N) is 1. The van der Waals surface area contributed by atoms with Gasteiger partial charge in [0.2, 0.25) is 12.3 Å². The van der Waals surface area contributed by atoms with Crippen molar-refractivity contribution in [2.24, 2.45) is 0 Å². The number of rotatable bonds is 4. The third-order valence-corrected chi connectivity index (χ3v) is 2.45. The fourth-order valence-electron chi connectivity index (χ4n) is 1.56. The first-order valence-corrected chi connectivity index (χ1v) is 5.81. The van der Waals surface area contributed by atoms with Crippen LogP contribution in [0, 0.1) is 0 Å². The monoisotopic (exact) mass is 267 g/mol. The van der Waals surface area contributed by atoms with E-state index in [1.54, 1.807) is 27.5 Å². The molecule has 0 radical (unpaired) electrons. The second-order valence-corrected chi connectivity index (χ2v) is 4.03. The molecule has 0 unspecified atom stereocenters. The number of ether oxygens (including phenoxy) is 3. The number of H-pyrrole nitrogens is 1. The molecule has 0 atom stereocenters. The van der Waals surface area contributed by atoms with Crippen LogP contribution in [0.4, 0.5) is 0 Å². The molecule has 0 aromatic carbocycles. The van der Waals surface area contributed by atoms with Crippen LogP contribution in [-0.2, 0) is 9.47 Å². The molecular formula is C13H21N3O3. The highest BCUT2D eigenvalue weighted by atomic mass is 16.7. The molecule has 6 nitrogen and oxygen atoms in total. The Balaban J connectivity index is 0.000000203. The lowest BCUT2D eigenvalue weighted by Crippen LogP contribution is -2.30. The summed E-state index contributed by atoms with van der Waals surface area (Å²) in [4.78, 5) is 8.93. The van der Waals surface area contributed by atoms with E-state index >= 15 is 0 Å². The van der Waals surface area contributed by atoms with Gasteiger partial charge in [0.1, 0.15) is 0 Å². The van der Waals surface area contributed by atoms with E-state index in [1.165, 1.54) is 0 Å². The molecule has 1 N–H and O–H groups in total. The van der Waals surface area contributed by atoms with E-state index < -0.39 is 0 Å². The molecular weight excluding hydrogens is 246 g/mol. The number of hydrogen-bond donors (Lipinski definition) is 1. The molecule has 0 aliphatic heterocycles. The van der Waals surface area contributed by atoms with E-state index in [0.717, 1.165) is 10.9 Å². The van der Waals surface area contributed by atoms with Crippen molar-refractivity contribution in [1.82, 2.24) is 14.9 Å². The zero-order valence-electron chi connectivity index (χ0n) is 12.0. The minimum absolute atomic E-state index is 0.213. The zero-order valence-corrected chi connectivity index (χ0v) is 12.0. The first-order chi connectivity index (χ1) is 9.12. The number of fused-ring (bicyclic) bond motifs is 1. The zero-order chi connectivity index (χ0) is 14.3. The SMILES string of the molecule is COC(OC)N(C)C.COc1cc2cc[nH]c2cn1. The maximum atomic E-state index is 4.97. The van der Waals surface area contributed by atoms with Crippen LogP contribution in [0.1, 0.15) is 0 Å². The molecule has 6 heteroatoms. The second-order valence-electron chi connectivity index (χ2n) is 4.03. The third-order valence-electron chi connectivity index (χ3n) is 2.45. The maximum Gasteiger partial charge on any atom is 0.217 e. The summed E-state index contributed by atoms with van der Waals surface area (Å²) in [5, 5.41) is 1.12. The van der Waals surface area contributed by atoms with E-state index in [-0.39, 0.29) is 6.41 Å². The molecule has 0 saturated carbocycles. The molecule has 106 valence electrons. The molecule has 2 rings (SSSR count). The van der Waals surface area contributed by atoms with Crippen LogP contribution in [0.15, 0.2) is 24.5 Å². The van der Waals surface area contributed by atoms with Crippen molar-refractivity contribution in [1.29, 1.82) is 0 Å². The highest BCUT2D eigenvalue weighted by molar-refractivity contribution is 5.79. The molecule has 0 aliphatic carbocycles. The Hall–Kier alpha value is -1.63. The molecule has 2 aromatic rings. The number of hydrogen-bond acceptors (Lipinski definition) is 5. The lowest BCUT2D eigenvalue weighted by atomic mass is 10.3. The molecule has 2 heterocycles. The summed E-state index contributed by atoms with van der Waals surface area (Å²) >= 11 is 0. The van der Waals surface area contributed by atoms with Crippen molar-refractivity contribution in [2.75, 3.05) is 35.4 Å². The van der Waals surface area contributed by atoms with Crippen molar-refractivity contribution in [3.63, 3.8) is 0 Å². The predicted octanol–water partition coefficient (Wildman–Crippen LogP) is 1.70. The first-order valence-electron chi connectivity index (χ1n) is 5.81. The molecule has 0 fully saturated rings. The summed E-state index contributed by atoms with van der Waals surface area (Å²) < 4.78 is 14.7. The minimum atomic E-state index is -0.213. The Labute approximate surface area is 113 Å². The Morgan fingerprint density at radius 1 is 1.21 bits per heavy atom. The topological polar surface area (TPSA) is 59.6 Å². The van der Waals surface area contributed by atoms with Crippen LogP contribution in [0.3, 0.4) is 0 Å². The average Bonchev–Trinajstić information content (AvgIpc) is 2.87. The van der Waals surface area contributed by atoms with E-state index in [4.69, 9.17) is 14.2 Å². The van der Waals surface area contributed by atoms with Gasteiger partial charge in [-0.25, -0.2) is 4.98 Å². The highest BCUT2D eigenvalue weighted by Crippen LogP contribution is 2.15. The summed E-state index contributed by atoms with van der Waals surface area (Å²) in [6.45, 7) is 0. The van der Waals surface area contributed by atoms with Gasteiger partial charge in [-0.3, -0.25) is 4.90 Å². The standard InChI is InChI=1S/C8H8N2O.C5H13NO2/c1-11-8-4-6-2-3-9-7(6)5-10-8;1-6(2)5(7-3)8-4/h2-5,9H,1H3;5H,1-4H3. The number of aromatic amines is 1. The summed E-state index contributed by atoms with van der Waals surface area (Å²) in [5.74, 6) is 0.650. The normalized spacial score (nSPS) is 10.7. The molecule has 0 bridgehead atoms. The van der Waals surface area contributed by atoms with Crippen molar-refractivity contribution in [3.8, 4) is 5.88 Å². The van der Waals surface area contributed by atoms with E-state index in [1.807, 2.05) is 37.3 Å². The summed E-state index contributed by atoms with van der Waals surface area (Å²) in [7, 11) is 8.60. The average molecular weight is 267 g/mol. The van der Waals surface area contributed by atoms with Gasteiger partial charge in [0.15, 0.2) is 0 Å². The quantitative estimate of drug-likeness (QED) is 0.854. The van der Waals surface area contributed by atoms with Gasteiger partial charge in [-0.2, -0.15) is 0 Å². The highest BCUT2D eigenvalue weighted by Gasteiger charge is 2.04. The number of aromatic nitrogens is 2. The summed E-state index contributed by atoms with van der Waals surface area (Å²) in [6.07, 6.45) is 3.43. The molecule has 0 spiro atoms. The van der Waals surface area contributed by atoms with Crippen LogP contribution in [0.25, 0.3) is 10.9 Å². The van der Waals surface area contributed by atoms with Crippen LogP contribution < -0.4 is 4.74 Å². The number of pyridine rings is 1. The Morgan fingerprint density at radius 2 is 1.89 bits per heavy atom. The Morgan fingerprint density at radius 3 is 2.37 bits per heavy atom. The number of methoxy groups -OCH3 is 3. The molecule has 0 aliphatic rings. The lowest BCUT2D eigenvalue weighted by molar-refractivity contribution is -0.179. The van der Waals surface area contributed by atoms with E-state index in [9.17, 15) is 0 Å². The number of nitrogens with zero attached hydrogens (tertiary/aromatic N) is 2. The van der Waals surface area contributed by atoms with Crippen molar-refractivity contribution in [3.05, 3.63) is 24.5 Å². The smallest absolute Gasteiger partial charge is 0.217 e. The minimum Gasteiger partial charge on any atom is -0.481 e. The van der Waals surface area contributed by atoms with Crippen LogP contribution in [0.5, 0.6) is 5.88 Å². The van der Waals surface area contributed by atoms with Gasteiger partial charge in [-0.1, -0.05) is 0 Å². The Kier molecular flexibility index (Phi) is 6.27. The molecule has 0 saturated heterocycles. The van der Waals surface area contributed by atoms with Gasteiger partial charge in [0.25, 0.3) is 0 Å². The fraction of sp³-hybridized carbons (Fsp3) is 0.462. The van der Waals surface area contributed by atoms with Crippen molar-refractivity contribution < 1.29 is 14.2 Å². The largest absolute Gasteiger partial charge is 0.481 e. The molecule has 2 aromatic heterocycles. The summed E-state index contributed by atoms with van der Waals surface area (Å²) in [5.41, 5.74) is 1.03. The van der Waals surface area contributed by atoms with Gasteiger partial charge in [0.05, 0.1) is 18.8 Å². The Bertz CT molecular complexity index is 481. The molecule has 19 heavy (non-hydrogen) atoms. The van der Waals surface area contributed by atoms with Crippen LogP contribution in [0.2, 0.25) is 0 Å². The van der Waals surface area contributed by atoms with Gasteiger partial charge in [-0.15, -0.1) is 0 Å². The van der Waals surface area contributed by atoms with Gasteiger partial charge >= 0.3 is 0 Å². The lowest BCUT2D eigenvalue weighted by Gasteiger charge is -2.19. The van der Waals surface area contributed by atoms with Crippen molar-refractivity contribution >= 4 is 10.9 Å². The third kappa shape index (κ3) is 4.51. The maximum absolute atomic E-state index is 4.97. The second kappa shape index (κ2) is 7.73. The van der Waals surface area contributed by atoms with Crippen molar-refractivity contribution in [2.45, 2.75) is 6.41 Å². The fourth-order valence-corrected chi connectivity index (χ4v) is 1.56. The predicted molar refractivity (Wildman–Crippen MR) is 74.1 cm³/mol. The first kappa shape index (κ1) is 15.4. The molecule has 0 amide bonds.